The molecule has 0 amide bonds. The molecule has 1 N–H and O–H groups in total. The summed E-state index contributed by atoms with van der Waals surface area (Å²) in [6.07, 6.45) is 3.59. The Hall–Kier alpha value is -1.64. The molecule has 2 nitrogen and oxygen atoms in total. The van der Waals surface area contributed by atoms with Crippen LogP contribution in [0.25, 0.3) is 0 Å². The summed E-state index contributed by atoms with van der Waals surface area (Å²) >= 11 is 0. The van der Waals surface area contributed by atoms with Crippen LogP contribution in [0.3, 0.4) is 0 Å². The van der Waals surface area contributed by atoms with Gasteiger partial charge in [-0.15, -0.1) is 0 Å². The van der Waals surface area contributed by atoms with Gasteiger partial charge in [-0.05, 0) is 30.4 Å². The number of ether oxygens (including phenoxy) is 1. The molecule has 0 bridgehead atoms. The van der Waals surface area contributed by atoms with Crippen molar-refractivity contribution in [2.45, 2.75) is 30.9 Å². The summed E-state index contributed by atoms with van der Waals surface area (Å²) in [5, 5.41) is 3.72. The summed E-state index contributed by atoms with van der Waals surface area (Å²) in [5.74, 6) is 0. The smallest absolute Gasteiger partial charge is 0.0802 e. The lowest BCUT2D eigenvalue weighted by atomic mass is 9.79. The molecule has 1 saturated carbocycles. The van der Waals surface area contributed by atoms with E-state index in [1.165, 1.54) is 17.5 Å². The molecule has 2 heteroatoms. The van der Waals surface area contributed by atoms with E-state index in [4.69, 9.17) is 4.74 Å². The van der Waals surface area contributed by atoms with Crippen molar-refractivity contribution in [1.82, 2.24) is 5.32 Å². The third-order valence-electron chi connectivity index (χ3n) is 4.59. The van der Waals surface area contributed by atoms with Crippen molar-refractivity contribution in [3.63, 3.8) is 0 Å². The van der Waals surface area contributed by atoms with Crippen LogP contribution in [0.15, 0.2) is 60.7 Å². The first-order valence-electron chi connectivity index (χ1n) is 7.71. The van der Waals surface area contributed by atoms with E-state index < -0.39 is 0 Å². The number of hydrogen-bond donors (Lipinski definition) is 1. The van der Waals surface area contributed by atoms with E-state index in [9.17, 15) is 0 Å². The van der Waals surface area contributed by atoms with Crippen LogP contribution in [0.2, 0.25) is 0 Å². The largest absolute Gasteiger partial charge is 0.377 e. The summed E-state index contributed by atoms with van der Waals surface area (Å²) in [4.78, 5) is 0. The fourth-order valence-electron chi connectivity index (χ4n) is 3.03. The highest BCUT2D eigenvalue weighted by atomic mass is 16.5. The van der Waals surface area contributed by atoms with Crippen LogP contribution in [0.4, 0.5) is 0 Å². The van der Waals surface area contributed by atoms with Gasteiger partial charge in [0.1, 0.15) is 0 Å². The van der Waals surface area contributed by atoms with Gasteiger partial charge in [-0.2, -0.15) is 0 Å². The first-order valence-corrected chi connectivity index (χ1v) is 7.71. The van der Waals surface area contributed by atoms with Crippen molar-refractivity contribution < 1.29 is 4.74 Å². The van der Waals surface area contributed by atoms with E-state index in [-0.39, 0.29) is 11.6 Å². The van der Waals surface area contributed by atoms with Gasteiger partial charge in [0.05, 0.1) is 11.6 Å². The maximum atomic E-state index is 5.73. The van der Waals surface area contributed by atoms with Crippen molar-refractivity contribution in [1.29, 1.82) is 0 Å². The van der Waals surface area contributed by atoms with Gasteiger partial charge in [-0.1, -0.05) is 60.7 Å². The molecule has 21 heavy (non-hydrogen) atoms. The highest BCUT2D eigenvalue weighted by molar-refractivity contribution is 5.31. The Morgan fingerprint density at radius 2 is 1.48 bits per heavy atom. The Morgan fingerprint density at radius 3 is 1.86 bits per heavy atom. The van der Waals surface area contributed by atoms with Gasteiger partial charge in [-0.3, -0.25) is 0 Å². The lowest BCUT2D eigenvalue weighted by Gasteiger charge is -2.41. The number of hydrogen-bond acceptors (Lipinski definition) is 2. The topological polar surface area (TPSA) is 21.3 Å². The summed E-state index contributed by atoms with van der Waals surface area (Å²) < 4.78 is 5.73. The second kappa shape index (κ2) is 6.42. The van der Waals surface area contributed by atoms with E-state index in [1.807, 2.05) is 7.11 Å². The monoisotopic (exact) mass is 281 g/mol. The van der Waals surface area contributed by atoms with Crippen molar-refractivity contribution in [3.8, 4) is 0 Å². The van der Waals surface area contributed by atoms with Gasteiger partial charge >= 0.3 is 0 Å². The Morgan fingerprint density at radius 1 is 0.952 bits per heavy atom. The van der Waals surface area contributed by atoms with Gasteiger partial charge in [0.25, 0.3) is 0 Å². The Kier molecular flexibility index (Phi) is 4.37. The van der Waals surface area contributed by atoms with Crippen molar-refractivity contribution in [2.75, 3.05) is 13.7 Å². The van der Waals surface area contributed by atoms with E-state index in [0.29, 0.717) is 0 Å². The molecule has 1 fully saturated rings. The van der Waals surface area contributed by atoms with E-state index in [2.05, 4.69) is 66.0 Å². The normalized spacial score (nSPS) is 16.7. The Labute approximate surface area is 127 Å². The van der Waals surface area contributed by atoms with Crippen LogP contribution in [0, 0.1) is 0 Å². The summed E-state index contributed by atoms with van der Waals surface area (Å²) in [6.45, 7) is 0.901. The molecule has 3 rings (SSSR count). The molecule has 0 radical (unpaired) electrons. The molecule has 0 spiro atoms. The van der Waals surface area contributed by atoms with E-state index in [0.717, 1.165) is 19.4 Å². The zero-order valence-corrected chi connectivity index (χ0v) is 12.6. The molecule has 0 aliphatic heterocycles. The molecule has 0 heterocycles. The third-order valence-corrected chi connectivity index (χ3v) is 4.59. The minimum Gasteiger partial charge on any atom is -0.377 e. The van der Waals surface area contributed by atoms with Crippen molar-refractivity contribution in [3.05, 3.63) is 71.8 Å². The minimum atomic E-state index is 0.0435. The first-order chi connectivity index (χ1) is 10.3. The third kappa shape index (κ3) is 3.17. The van der Waals surface area contributed by atoms with Gasteiger partial charge in [0, 0.05) is 13.7 Å². The highest BCUT2D eigenvalue weighted by Gasteiger charge is 2.37. The maximum Gasteiger partial charge on any atom is 0.0802 e. The number of methoxy groups -OCH3 is 1. The van der Waals surface area contributed by atoms with Gasteiger partial charge in [-0.25, -0.2) is 0 Å². The Bertz CT molecular complexity index is 503. The maximum absolute atomic E-state index is 5.73. The average molecular weight is 281 g/mol. The van der Waals surface area contributed by atoms with Crippen LogP contribution in [-0.4, -0.2) is 19.3 Å². The minimum absolute atomic E-state index is 0.0435. The summed E-state index contributed by atoms with van der Waals surface area (Å²) in [5.41, 5.74) is 2.64. The van der Waals surface area contributed by atoms with Crippen molar-refractivity contribution >= 4 is 0 Å². The predicted octanol–water partition coefficient (Wildman–Crippen LogP) is 3.93. The molecule has 0 atom stereocenters. The molecule has 0 aromatic heterocycles. The molecule has 0 saturated heterocycles. The Balaban J connectivity index is 1.80. The second-order valence-corrected chi connectivity index (χ2v) is 5.88. The molecule has 2 aromatic carbocycles. The second-order valence-electron chi connectivity index (χ2n) is 5.88. The van der Waals surface area contributed by atoms with Gasteiger partial charge in [0.15, 0.2) is 0 Å². The van der Waals surface area contributed by atoms with E-state index in [1.54, 1.807) is 0 Å². The lowest BCUT2D eigenvalue weighted by Crippen LogP contribution is -2.48. The van der Waals surface area contributed by atoms with Crippen molar-refractivity contribution in [2.24, 2.45) is 0 Å². The predicted molar refractivity (Wildman–Crippen MR) is 86.3 cm³/mol. The fourth-order valence-corrected chi connectivity index (χ4v) is 3.03. The zero-order chi connectivity index (χ0) is 14.5. The lowest BCUT2D eigenvalue weighted by molar-refractivity contribution is -0.0703. The van der Waals surface area contributed by atoms with Gasteiger partial charge in [0.2, 0.25) is 0 Å². The first kappa shape index (κ1) is 14.3. The zero-order valence-electron chi connectivity index (χ0n) is 12.6. The molecule has 0 unspecified atom stereocenters. The molecule has 110 valence electrons. The summed E-state index contributed by atoms with van der Waals surface area (Å²) in [6, 6.07) is 21.5. The molecule has 1 aliphatic rings. The highest BCUT2D eigenvalue weighted by Crippen LogP contribution is 2.35. The molecule has 2 aromatic rings. The average Bonchev–Trinajstić information content (AvgIpc) is 2.52. The number of rotatable bonds is 6. The number of nitrogens with one attached hydrogen (secondary N) is 1. The van der Waals surface area contributed by atoms with Crippen LogP contribution >= 0.6 is 0 Å². The molecular weight excluding hydrogens is 258 g/mol. The quantitative estimate of drug-likeness (QED) is 0.866. The SMILES string of the molecule is COC1(CNC(c2ccccc2)c2ccccc2)CCC1. The fraction of sp³-hybridized carbons (Fsp3) is 0.368. The summed E-state index contributed by atoms with van der Waals surface area (Å²) in [7, 11) is 1.83. The van der Waals surface area contributed by atoms with Crippen LogP contribution in [0.5, 0.6) is 0 Å². The van der Waals surface area contributed by atoms with Gasteiger partial charge < -0.3 is 10.1 Å². The van der Waals surface area contributed by atoms with Crippen LogP contribution < -0.4 is 5.32 Å². The van der Waals surface area contributed by atoms with Crippen LogP contribution in [-0.2, 0) is 4.74 Å². The molecular formula is C19H23NO. The standard InChI is InChI=1S/C19H23NO/c1-21-19(13-8-14-19)15-20-18(16-9-4-2-5-10-16)17-11-6-3-7-12-17/h2-7,9-12,18,20H,8,13-15H2,1H3. The van der Waals surface area contributed by atoms with Crippen LogP contribution in [0.1, 0.15) is 36.4 Å². The van der Waals surface area contributed by atoms with E-state index >= 15 is 0 Å². The number of benzene rings is 2. The molecule has 1 aliphatic carbocycles.